The summed E-state index contributed by atoms with van der Waals surface area (Å²) in [5, 5.41) is 0. The highest BCUT2D eigenvalue weighted by Crippen LogP contribution is 2.23. The summed E-state index contributed by atoms with van der Waals surface area (Å²) in [6.45, 7) is 0. The summed E-state index contributed by atoms with van der Waals surface area (Å²) >= 11 is 0. The van der Waals surface area contributed by atoms with Crippen LogP contribution in [0.1, 0.15) is 0 Å². The molecule has 0 aliphatic rings. The first-order valence-corrected chi connectivity index (χ1v) is 3.75. The molecule has 0 aliphatic carbocycles. The van der Waals surface area contributed by atoms with Gasteiger partial charge in [-0.1, -0.05) is 9.46 Å². The quantitative estimate of drug-likeness (QED) is 0.615. The fourth-order valence-electron chi connectivity index (χ4n) is 1.09. The molecule has 80 valence electrons. The second kappa shape index (κ2) is 3.95. The standard InChI is InChI=1S/C7H12N2O5/c1-11-5-6(12-2)9(14-4)7(10)8(5)13-3/h1-4H3. The van der Waals surface area contributed by atoms with Crippen molar-refractivity contribution in [1.82, 2.24) is 9.46 Å². The molecular formula is C7H12N2O5. The van der Waals surface area contributed by atoms with Crippen molar-refractivity contribution in [3.63, 3.8) is 0 Å². The molecule has 0 saturated heterocycles. The summed E-state index contributed by atoms with van der Waals surface area (Å²) in [6.07, 6.45) is 0. The number of methoxy groups -OCH3 is 2. The number of hydrogen-bond donors (Lipinski definition) is 0. The molecular weight excluding hydrogens is 192 g/mol. The Labute approximate surface area is 80.3 Å². The van der Waals surface area contributed by atoms with Crippen molar-refractivity contribution < 1.29 is 19.1 Å². The summed E-state index contributed by atoms with van der Waals surface area (Å²) in [6, 6.07) is 0. The average molecular weight is 204 g/mol. The Kier molecular flexibility index (Phi) is 2.90. The molecule has 1 heterocycles. The lowest BCUT2D eigenvalue weighted by molar-refractivity contribution is 0.103. The highest BCUT2D eigenvalue weighted by atomic mass is 16.7. The molecule has 14 heavy (non-hydrogen) atoms. The Morgan fingerprint density at radius 3 is 1.43 bits per heavy atom. The Balaban J connectivity index is 3.45. The fraction of sp³-hybridized carbons (Fsp3) is 0.571. The molecule has 0 aromatic carbocycles. The molecule has 1 rings (SSSR count). The van der Waals surface area contributed by atoms with E-state index in [0.717, 1.165) is 9.46 Å². The Morgan fingerprint density at radius 1 is 0.857 bits per heavy atom. The Bertz CT molecular complexity index is 334. The first-order chi connectivity index (χ1) is 6.71. The van der Waals surface area contributed by atoms with Gasteiger partial charge in [-0.3, -0.25) is 0 Å². The van der Waals surface area contributed by atoms with Crippen LogP contribution in [-0.4, -0.2) is 37.9 Å². The van der Waals surface area contributed by atoms with Gasteiger partial charge in [0.1, 0.15) is 14.2 Å². The highest BCUT2D eigenvalue weighted by molar-refractivity contribution is 5.27. The van der Waals surface area contributed by atoms with Crippen molar-refractivity contribution in [1.29, 1.82) is 0 Å². The first-order valence-electron chi connectivity index (χ1n) is 3.75. The van der Waals surface area contributed by atoms with Gasteiger partial charge in [0.15, 0.2) is 0 Å². The van der Waals surface area contributed by atoms with Crippen molar-refractivity contribution in [2.45, 2.75) is 0 Å². The Morgan fingerprint density at radius 2 is 1.21 bits per heavy atom. The minimum absolute atomic E-state index is 0.141. The molecule has 0 N–H and O–H groups in total. The first kappa shape index (κ1) is 10.3. The van der Waals surface area contributed by atoms with Crippen molar-refractivity contribution in [3.05, 3.63) is 10.5 Å². The number of rotatable bonds is 4. The van der Waals surface area contributed by atoms with E-state index >= 15 is 0 Å². The van der Waals surface area contributed by atoms with Gasteiger partial charge in [0.2, 0.25) is 0 Å². The van der Waals surface area contributed by atoms with Gasteiger partial charge in [0.25, 0.3) is 11.8 Å². The van der Waals surface area contributed by atoms with E-state index in [4.69, 9.17) is 19.1 Å². The molecule has 0 radical (unpaired) electrons. The summed E-state index contributed by atoms with van der Waals surface area (Å²) in [5.41, 5.74) is -0.538. The normalized spacial score (nSPS) is 9.71. The van der Waals surface area contributed by atoms with Crippen LogP contribution in [0, 0.1) is 0 Å². The van der Waals surface area contributed by atoms with Crippen LogP contribution in [0.25, 0.3) is 0 Å². The third-order valence-electron chi connectivity index (χ3n) is 1.65. The summed E-state index contributed by atoms with van der Waals surface area (Å²) < 4.78 is 11.7. The van der Waals surface area contributed by atoms with Crippen LogP contribution in [0.3, 0.4) is 0 Å². The summed E-state index contributed by atoms with van der Waals surface area (Å²) in [7, 11) is 5.46. The number of imidazole rings is 1. The van der Waals surface area contributed by atoms with E-state index in [9.17, 15) is 4.79 Å². The van der Waals surface area contributed by atoms with E-state index < -0.39 is 5.69 Å². The molecule has 0 spiro atoms. The van der Waals surface area contributed by atoms with E-state index in [0.29, 0.717) is 0 Å². The molecule has 7 heteroatoms. The summed E-state index contributed by atoms with van der Waals surface area (Å²) in [5.74, 6) is 0.281. The van der Waals surface area contributed by atoms with Crippen LogP contribution < -0.4 is 24.8 Å². The van der Waals surface area contributed by atoms with Gasteiger partial charge in [-0.15, -0.1) is 0 Å². The van der Waals surface area contributed by atoms with Gasteiger partial charge < -0.3 is 19.1 Å². The van der Waals surface area contributed by atoms with Crippen LogP contribution in [-0.2, 0) is 0 Å². The lowest BCUT2D eigenvalue weighted by atomic mass is 10.8. The van der Waals surface area contributed by atoms with E-state index in [2.05, 4.69) is 0 Å². The van der Waals surface area contributed by atoms with Gasteiger partial charge in [-0.25, -0.2) is 4.79 Å². The van der Waals surface area contributed by atoms with E-state index in [-0.39, 0.29) is 11.8 Å². The Hall–Kier alpha value is -1.79. The molecule has 0 saturated carbocycles. The monoisotopic (exact) mass is 204 g/mol. The van der Waals surface area contributed by atoms with Crippen molar-refractivity contribution >= 4 is 0 Å². The molecule has 0 aliphatic heterocycles. The zero-order chi connectivity index (χ0) is 10.7. The van der Waals surface area contributed by atoms with Crippen LogP contribution in [0.2, 0.25) is 0 Å². The second-order valence-corrected chi connectivity index (χ2v) is 2.26. The van der Waals surface area contributed by atoms with Crippen molar-refractivity contribution in [2.24, 2.45) is 0 Å². The minimum atomic E-state index is -0.538. The molecule has 1 aromatic heterocycles. The number of hydrogen-bond acceptors (Lipinski definition) is 5. The largest absolute Gasteiger partial charge is 0.476 e. The van der Waals surface area contributed by atoms with Gasteiger partial charge in [-0.2, -0.15) is 0 Å². The van der Waals surface area contributed by atoms with Gasteiger partial charge in [0, 0.05) is 0 Å². The molecule has 7 nitrogen and oxygen atoms in total. The predicted molar refractivity (Wildman–Crippen MR) is 46.8 cm³/mol. The second-order valence-electron chi connectivity index (χ2n) is 2.26. The van der Waals surface area contributed by atoms with Crippen LogP contribution in [0.5, 0.6) is 11.8 Å². The molecule has 0 fully saturated rings. The lowest BCUT2D eigenvalue weighted by Crippen LogP contribution is -2.30. The number of nitrogens with zero attached hydrogens (tertiary/aromatic N) is 2. The zero-order valence-electron chi connectivity index (χ0n) is 8.44. The maximum Gasteiger partial charge on any atom is 0.401 e. The molecule has 0 bridgehead atoms. The number of ether oxygens (including phenoxy) is 2. The van der Waals surface area contributed by atoms with Gasteiger partial charge >= 0.3 is 5.69 Å². The number of aromatic nitrogens is 2. The smallest absolute Gasteiger partial charge is 0.401 e. The van der Waals surface area contributed by atoms with Crippen LogP contribution in [0.4, 0.5) is 0 Å². The topological polar surface area (TPSA) is 63.9 Å². The average Bonchev–Trinajstić information content (AvgIpc) is 2.48. The van der Waals surface area contributed by atoms with E-state index in [1.165, 1.54) is 28.4 Å². The van der Waals surface area contributed by atoms with E-state index in [1.807, 2.05) is 0 Å². The van der Waals surface area contributed by atoms with Gasteiger partial charge in [0.05, 0.1) is 14.2 Å². The van der Waals surface area contributed by atoms with E-state index in [1.54, 1.807) is 0 Å². The third-order valence-corrected chi connectivity index (χ3v) is 1.65. The third kappa shape index (κ3) is 1.26. The molecule has 0 atom stereocenters. The summed E-state index contributed by atoms with van der Waals surface area (Å²) in [4.78, 5) is 21.1. The zero-order valence-corrected chi connectivity index (χ0v) is 8.44. The molecule has 0 amide bonds. The van der Waals surface area contributed by atoms with Crippen LogP contribution in [0.15, 0.2) is 4.79 Å². The van der Waals surface area contributed by atoms with Crippen molar-refractivity contribution in [2.75, 3.05) is 28.4 Å². The fourth-order valence-corrected chi connectivity index (χ4v) is 1.09. The highest BCUT2D eigenvalue weighted by Gasteiger charge is 2.23. The predicted octanol–water partition coefficient (Wildman–Crippen LogP) is -1.22. The maximum atomic E-state index is 11.5. The molecule has 1 aromatic rings. The maximum absolute atomic E-state index is 11.5. The minimum Gasteiger partial charge on any atom is -0.476 e. The van der Waals surface area contributed by atoms with Gasteiger partial charge in [-0.05, 0) is 0 Å². The SMILES string of the molecule is COc1c(OC)n(OC)c(=O)n1OC. The molecule has 0 unspecified atom stereocenters. The van der Waals surface area contributed by atoms with Crippen LogP contribution >= 0.6 is 0 Å². The van der Waals surface area contributed by atoms with Crippen molar-refractivity contribution in [3.8, 4) is 11.8 Å². The lowest BCUT2D eigenvalue weighted by Gasteiger charge is -2.04.